The Morgan fingerprint density at radius 1 is 1.14 bits per heavy atom. The van der Waals surface area contributed by atoms with Crippen LogP contribution in [0.4, 0.5) is 0 Å². The fraction of sp³-hybridized carbons (Fsp3) is 0.312. The van der Waals surface area contributed by atoms with Gasteiger partial charge < -0.3 is 5.32 Å². The zero-order chi connectivity index (χ0) is 14.7. The molecule has 0 spiro atoms. The van der Waals surface area contributed by atoms with Crippen molar-refractivity contribution in [1.29, 1.82) is 0 Å². The number of aromatic nitrogens is 4. The largest absolute Gasteiger partial charge is 0.320 e. The van der Waals surface area contributed by atoms with Crippen LogP contribution in [0.5, 0.6) is 0 Å². The van der Waals surface area contributed by atoms with Crippen LogP contribution in [0.15, 0.2) is 42.5 Å². The lowest BCUT2D eigenvalue weighted by Gasteiger charge is -2.16. The van der Waals surface area contributed by atoms with Crippen molar-refractivity contribution in [2.75, 3.05) is 13.6 Å². The van der Waals surface area contributed by atoms with Crippen molar-refractivity contribution >= 4 is 10.8 Å². The summed E-state index contributed by atoms with van der Waals surface area (Å²) in [5, 5.41) is 18.2. The maximum atomic E-state index is 4.39. The van der Waals surface area contributed by atoms with Crippen molar-refractivity contribution in [1.82, 2.24) is 25.5 Å². The Morgan fingerprint density at radius 2 is 1.95 bits per heavy atom. The Bertz CT molecular complexity index is 734. The molecule has 1 heterocycles. The van der Waals surface area contributed by atoms with Crippen molar-refractivity contribution in [2.45, 2.75) is 19.4 Å². The predicted octanol–water partition coefficient (Wildman–Crippen LogP) is 2.33. The summed E-state index contributed by atoms with van der Waals surface area (Å²) in [4.78, 5) is 1.72. The van der Waals surface area contributed by atoms with E-state index in [9.17, 15) is 0 Å². The summed E-state index contributed by atoms with van der Waals surface area (Å²) >= 11 is 0. The number of rotatable bonds is 5. The fourth-order valence-corrected chi connectivity index (χ4v) is 2.54. The lowest BCUT2D eigenvalue weighted by molar-refractivity contribution is 0.421. The molecule has 2 aromatic carbocycles. The minimum atomic E-state index is 0.100. The summed E-state index contributed by atoms with van der Waals surface area (Å²) in [5.41, 5.74) is 1.21. The topological polar surface area (TPSA) is 55.6 Å². The molecule has 0 saturated heterocycles. The van der Waals surface area contributed by atoms with Gasteiger partial charge in [0.25, 0.3) is 0 Å². The molecule has 0 bridgehead atoms. The summed E-state index contributed by atoms with van der Waals surface area (Å²) in [5.74, 6) is 0.699. The van der Waals surface area contributed by atoms with Gasteiger partial charge in [0.05, 0.1) is 6.04 Å². The highest BCUT2D eigenvalue weighted by atomic mass is 15.6. The number of fused-ring (bicyclic) bond motifs is 1. The van der Waals surface area contributed by atoms with Crippen LogP contribution in [0.3, 0.4) is 0 Å². The third-order valence-corrected chi connectivity index (χ3v) is 3.63. The lowest BCUT2D eigenvalue weighted by Crippen LogP contribution is -2.20. The van der Waals surface area contributed by atoms with Gasteiger partial charge in [-0.25, -0.2) is 0 Å². The Kier molecular flexibility index (Phi) is 3.92. The van der Waals surface area contributed by atoms with E-state index in [1.807, 2.05) is 14.0 Å². The van der Waals surface area contributed by atoms with Gasteiger partial charge in [-0.1, -0.05) is 36.4 Å². The Balaban J connectivity index is 2.00. The maximum absolute atomic E-state index is 4.39. The summed E-state index contributed by atoms with van der Waals surface area (Å²) in [6.45, 7) is 2.76. The monoisotopic (exact) mass is 281 g/mol. The molecule has 0 radical (unpaired) electrons. The summed E-state index contributed by atoms with van der Waals surface area (Å²) < 4.78 is 0. The van der Waals surface area contributed by atoms with Crippen LogP contribution < -0.4 is 5.32 Å². The first-order chi connectivity index (χ1) is 10.3. The van der Waals surface area contributed by atoms with Gasteiger partial charge in [-0.2, -0.15) is 4.80 Å². The third-order valence-electron chi connectivity index (χ3n) is 3.63. The fourth-order valence-electron chi connectivity index (χ4n) is 2.54. The number of nitrogens with one attached hydrogen (secondary N) is 1. The molecule has 1 aromatic heterocycles. The first-order valence-corrected chi connectivity index (χ1v) is 7.17. The first-order valence-electron chi connectivity index (χ1n) is 7.17. The third kappa shape index (κ3) is 2.92. The first kappa shape index (κ1) is 13.7. The van der Waals surface area contributed by atoms with Gasteiger partial charge in [0.15, 0.2) is 5.82 Å². The second kappa shape index (κ2) is 6.01. The molecule has 3 rings (SSSR count). The molecule has 0 saturated carbocycles. The second-order valence-corrected chi connectivity index (χ2v) is 5.17. The van der Waals surface area contributed by atoms with E-state index < -0.39 is 0 Å². The lowest BCUT2D eigenvalue weighted by atomic mass is 10.00. The van der Waals surface area contributed by atoms with Crippen molar-refractivity contribution in [2.24, 2.45) is 0 Å². The summed E-state index contributed by atoms with van der Waals surface area (Å²) in [6.07, 6.45) is 0.921. The minimum absolute atomic E-state index is 0.100. The SMILES string of the molecule is CNCC[C@@H](c1ccc2ccccc2c1)n1nnc(C)n1. The molecule has 108 valence electrons. The molecule has 0 aliphatic heterocycles. The predicted molar refractivity (Wildman–Crippen MR) is 83.2 cm³/mol. The van der Waals surface area contributed by atoms with E-state index >= 15 is 0 Å². The zero-order valence-corrected chi connectivity index (χ0v) is 12.3. The van der Waals surface area contributed by atoms with Gasteiger partial charge in [0.2, 0.25) is 0 Å². The van der Waals surface area contributed by atoms with Crippen LogP contribution in [-0.4, -0.2) is 33.8 Å². The van der Waals surface area contributed by atoms with E-state index in [1.165, 1.54) is 16.3 Å². The van der Waals surface area contributed by atoms with Crippen LogP contribution in [0.25, 0.3) is 10.8 Å². The normalized spacial score (nSPS) is 12.7. The number of aryl methyl sites for hydroxylation is 1. The highest BCUT2D eigenvalue weighted by molar-refractivity contribution is 5.83. The molecular formula is C16H19N5. The Hall–Kier alpha value is -2.27. The Morgan fingerprint density at radius 3 is 2.67 bits per heavy atom. The van der Waals surface area contributed by atoms with E-state index in [0.29, 0.717) is 5.82 Å². The van der Waals surface area contributed by atoms with Crippen LogP contribution in [0.1, 0.15) is 23.9 Å². The standard InChI is InChI=1S/C16H19N5/c1-12-18-20-21(19-12)16(9-10-17-2)15-8-7-13-5-3-4-6-14(13)11-15/h3-8,11,16-17H,9-10H2,1-2H3/t16-/m0/s1. The van der Waals surface area contributed by atoms with Crippen molar-refractivity contribution in [3.63, 3.8) is 0 Å². The highest BCUT2D eigenvalue weighted by Gasteiger charge is 2.16. The zero-order valence-electron chi connectivity index (χ0n) is 12.3. The average molecular weight is 281 g/mol. The van der Waals surface area contributed by atoms with Crippen LogP contribution in [-0.2, 0) is 0 Å². The van der Waals surface area contributed by atoms with E-state index in [4.69, 9.17) is 0 Å². The molecule has 5 heteroatoms. The second-order valence-electron chi connectivity index (χ2n) is 5.17. The smallest absolute Gasteiger partial charge is 0.171 e. The average Bonchev–Trinajstić information content (AvgIpc) is 2.94. The molecule has 1 N–H and O–H groups in total. The van der Waals surface area contributed by atoms with E-state index in [2.05, 4.69) is 63.2 Å². The van der Waals surface area contributed by atoms with E-state index in [1.54, 1.807) is 4.80 Å². The molecule has 1 atom stereocenters. The Labute approximate surface area is 124 Å². The van der Waals surface area contributed by atoms with Crippen LogP contribution in [0.2, 0.25) is 0 Å². The van der Waals surface area contributed by atoms with E-state index in [-0.39, 0.29) is 6.04 Å². The molecule has 3 aromatic rings. The van der Waals surface area contributed by atoms with Crippen LogP contribution >= 0.6 is 0 Å². The van der Waals surface area contributed by atoms with Crippen LogP contribution in [0, 0.1) is 6.92 Å². The number of hydrogen-bond donors (Lipinski definition) is 1. The number of tetrazole rings is 1. The van der Waals surface area contributed by atoms with Gasteiger partial charge >= 0.3 is 0 Å². The minimum Gasteiger partial charge on any atom is -0.320 e. The highest BCUT2D eigenvalue weighted by Crippen LogP contribution is 2.24. The van der Waals surface area contributed by atoms with Gasteiger partial charge in [0, 0.05) is 0 Å². The molecule has 5 nitrogen and oxygen atoms in total. The van der Waals surface area contributed by atoms with Gasteiger partial charge in [-0.3, -0.25) is 0 Å². The van der Waals surface area contributed by atoms with Gasteiger partial charge in [0.1, 0.15) is 0 Å². The van der Waals surface area contributed by atoms with Gasteiger partial charge in [-0.05, 0) is 54.6 Å². The number of nitrogens with zero attached hydrogens (tertiary/aromatic N) is 4. The number of benzene rings is 2. The summed E-state index contributed by atoms with van der Waals surface area (Å²) in [7, 11) is 1.96. The molecule has 21 heavy (non-hydrogen) atoms. The molecule has 0 unspecified atom stereocenters. The van der Waals surface area contributed by atoms with Crippen molar-refractivity contribution in [3.05, 3.63) is 53.9 Å². The molecule has 0 fully saturated rings. The summed E-state index contributed by atoms with van der Waals surface area (Å²) in [6, 6.07) is 15.0. The van der Waals surface area contributed by atoms with E-state index in [0.717, 1.165) is 13.0 Å². The van der Waals surface area contributed by atoms with Crippen molar-refractivity contribution < 1.29 is 0 Å². The quantitative estimate of drug-likeness (QED) is 0.780. The molecule has 0 aliphatic carbocycles. The van der Waals surface area contributed by atoms with Crippen molar-refractivity contribution in [3.8, 4) is 0 Å². The maximum Gasteiger partial charge on any atom is 0.171 e. The van der Waals surface area contributed by atoms with Gasteiger partial charge in [-0.15, -0.1) is 10.2 Å². The molecule has 0 aliphatic rings. The molecular weight excluding hydrogens is 262 g/mol. The number of hydrogen-bond acceptors (Lipinski definition) is 4. The molecule has 0 amide bonds.